The lowest BCUT2D eigenvalue weighted by molar-refractivity contribution is -0.241. The molecule has 10 aromatic rings. The Hall–Kier alpha value is -7.73. The average molecular weight is 2260 g/mol. The second-order valence-corrected chi connectivity index (χ2v) is 46.6. The molecule has 10 aromatic heterocycles. The van der Waals surface area contributed by atoms with Gasteiger partial charge in [-0.15, -0.1) is 0 Å². The summed E-state index contributed by atoms with van der Waals surface area (Å²) in [5, 5.41) is 10.8. The van der Waals surface area contributed by atoms with Crippen molar-refractivity contribution in [3.8, 4) is 0 Å². The first-order chi connectivity index (χ1) is 70.0. The molecule has 74 heteroatoms. The van der Waals surface area contributed by atoms with E-state index in [9.17, 15) is 33.8 Å². The molecule has 0 amide bonds. The quantitative estimate of drug-likeness (QED) is 0.0102. The number of hydrogen-bond acceptors (Lipinski definition) is 61. The van der Waals surface area contributed by atoms with Gasteiger partial charge in [-0.1, -0.05) is 35.4 Å². The number of phosphoric acid groups is 2. The first kappa shape index (κ1) is 112. The Balaban J connectivity index is 0.680. The number of H-pyrrole nitrogens is 1. The number of hydrogen-bond donors (Lipinski definition) is 8. The van der Waals surface area contributed by atoms with Crippen LogP contribution in [0, 0.1) is 13.8 Å². The predicted molar refractivity (Wildman–Crippen MR) is 502 cm³/mol. The number of phosphoric ester groups is 2. The van der Waals surface area contributed by atoms with Gasteiger partial charge in [0.2, 0.25) is 5.95 Å². The number of aromatic nitrogens is 20. The van der Waals surface area contributed by atoms with Gasteiger partial charge in [-0.2, -0.15) is 15.0 Å². The third kappa shape index (κ3) is 25.8. The maximum Gasteiger partial charge on any atom is 0.351 e. The van der Waals surface area contributed by atoms with Crippen LogP contribution in [-0.4, -0.2) is 328 Å². The number of aliphatic hydroxyl groups excluding tert-OH is 1. The topological polar surface area (TPSA) is 847 Å². The molecule has 16 heterocycles. The fourth-order valence-electron chi connectivity index (χ4n) is 16.6. The lowest BCUT2D eigenvalue weighted by atomic mass is 10.1. The van der Waals surface area contributed by atoms with Crippen molar-refractivity contribution in [3.63, 3.8) is 0 Å². The van der Waals surface area contributed by atoms with E-state index in [0.29, 0.717) is 0 Å². The summed E-state index contributed by atoms with van der Waals surface area (Å²) < 4.78 is 207. The summed E-state index contributed by atoms with van der Waals surface area (Å²) in [6.45, 7) is -24.7. The zero-order valence-electron chi connectivity index (χ0n) is 78.0. The van der Waals surface area contributed by atoms with E-state index in [1.165, 1.54) is 93.7 Å². The van der Waals surface area contributed by atoms with E-state index in [1.807, 2.05) is 0 Å². The predicted octanol–water partition coefficient (Wildman–Crippen LogP) is -4.07. The molecule has 64 nitrogen and oxygen atoms in total. The number of nitrogen functional groups attached to an aromatic ring is 6. The van der Waals surface area contributed by atoms with Gasteiger partial charge in [-0.05, 0) is 13.8 Å². The third-order valence-corrected chi connectivity index (χ3v) is 31.8. The monoisotopic (exact) mass is 2260 g/mol. The molecule has 0 radical (unpaired) electrons. The van der Waals surface area contributed by atoms with Crippen molar-refractivity contribution < 1.29 is 164 Å². The highest BCUT2D eigenvalue weighted by Crippen LogP contribution is 2.57. The van der Waals surface area contributed by atoms with Gasteiger partial charge in [-0.3, -0.25) is 50.9 Å². The summed E-state index contributed by atoms with van der Waals surface area (Å²) >= 11 is 21.8. The van der Waals surface area contributed by atoms with Gasteiger partial charge < -0.3 is 197 Å². The van der Waals surface area contributed by atoms with Gasteiger partial charge in [0.15, 0.2) is 77.3 Å². The Morgan fingerprint density at radius 3 is 1.16 bits per heavy atom. The SMILES string of the molecule is COCCO[C@H]1C(OP(=O)([O-])OC[C@H]2O[C@@H](n3cnc4c(=O)[nH]c(N)nc43)[C@@H](OCCOC)C2OP(=O)([O-])OC[C@H]2O[C@@H](n3cc(C)c(N)nc3=O)[C@@H](OCCOC)C2OP([O-])(=S)OC[C@H]2O[C@@H](n3cnc4c(N)ncnc43)CC2OP(=O)([S-])OC[C@H]2O[C@@H](n3cnc4c(N)ncnc43)CC2OP([O-])(=S)OC)[C@@H](COP([O-])(=S)OC2[C@@H](CO)O[C@@H](n3cnc4c(N)ncnc43)[C@H]2OCCOC)O[C@H]1n1cc(C)c(N)nc1=O. The van der Waals surface area contributed by atoms with Crippen LogP contribution < -0.4 is 75.8 Å². The number of aliphatic hydroxyl groups is 1. The number of aryl methyl sites for hydroxylation is 2. The molecular formula is C73H98N26O38P6S4-6. The number of methoxy groups -OCH3 is 4. The van der Waals surface area contributed by atoms with Crippen molar-refractivity contribution in [2.24, 2.45) is 0 Å². The smallest absolute Gasteiger partial charge is 0.351 e. The molecule has 808 valence electrons. The van der Waals surface area contributed by atoms with Gasteiger partial charge in [-0.25, -0.2) is 59.4 Å². The van der Waals surface area contributed by atoms with Crippen molar-refractivity contribution in [2.45, 2.75) is 162 Å². The van der Waals surface area contributed by atoms with Gasteiger partial charge in [0.1, 0.15) is 165 Å². The van der Waals surface area contributed by atoms with Crippen LogP contribution in [0.1, 0.15) is 61.3 Å². The van der Waals surface area contributed by atoms with E-state index >= 15 is 23.8 Å². The number of nitrogens with two attached hydrogens (primary N) is 6. The van der Waals surface area contributed by atoms with E-state index in [0.717, 1.165) is 39.8 Å². The first-order valence-corrected chi connectivity index (χ1v) is 57.1. The summed E-state index contributed by atoms with van der Waals surface area (Å²) in [6, 6.07) is 0. The number of imidazole rings is 4. The van der Waals surface area contributed by atoms with Crippen molar-refractivity contribution in [1.29, 1.82) is 0 Å². The van der Waals surface area contributed by atoms with Crippen LogP contribution in [-0.2, 0) is 182 Å². The van der Waals surface area contributed by atoms with Crippen LogP contribution in [0.4, 0.5) is 35.0 Å². The summed E-state index contributed by atoms with van der Waals surface area (Å²) in [5.74, 6) is -0.938. The van der Waals surface area contributed by atoms with Crippen molar-refractivity contribution >= 4 is 170 Å². The number of anilines is 6. The van der Waals surface area contributed by atoms with Crippen LogP contribution in [0.25, 0.3) is 44.7 Å². The highest BCUT2D eigenvalue weighted by Gasteiger charge is 2.56. The Kier molecular flexibility index (Phi) is 36.1. The summed E-state index contributed by atoms with van der Waals surface area (Å²) in [6.07, 6.45) is -26.0. The Morgan fingerprint density at radius 2 is 0.748 bits per heavy atom. The zero-order valence-corrected chi connectivity index (χ0v) is 86.7. The molecule has 0 bridgehead atoms. The number of nitrogens with zero attached hydrogens (tertiary/aromatic N) is 19. The molecule has 16 rings (SSSR count). The second-order valence-electron chi connectivity index (χ2n) is 32.9. The fraction of sp³-hybridized carbons (Fsp3) is 0.616. The highest BCUT2D eigenvalue weighted by atomic mass is 32.7. The Morgan fingerprint density at radius 1 is 0.401 bits per heavy atom. The molecule has 6 aliphatic heterocycles. The van der Waals surface area contributed by atoms with Crippen LogP contribution in [0.2, 0.25) is 0 Å². The lowest BCUT2D eigenvalue weighted by Gasteiger charge is -2.36. The summed E-state index contributed by atoms with van der Waals surface area (Å²) in [5.41, 5.74) is 34.2. The lowest BCUT2D eigenvalue weighted by Crippen LogP contribution is -2.42. The molecule has 6 saturated heterocycles. The van der Waals surface area contributed by atoms with Crippen LogP contribution in [0.3, 0.4) is 0 Å². The zero-order chi connectivity index (χ0) is 105. The first-order valence-electron chi connectivity index (χ1n) is 43.9. The van der Waals surface area contributed by atoms with E-state index in [4.69, 9.17) is 203 Å². The number of ether oxygens (including phenoxy) is 14. The highest BCUT2D eigenvalue weighted by molar-refractivity contribution is 8.32. The maximum atomic E-state index is 15.4. The van der Waals surface area contributed by atoms with Crippen molar-refractivity contribution in [2.75, 3.05) is 162 Å². The number of aromatic amines is 1. The largest absolute Gasteiger partial charge is 0.780 e. The summed E-state index contributed by atoms with van der Waals surface area (Å²) in [4.78, 5) is 172. The summed E-state index contributed by atoms with van der Waals surface area (Å²) in [7, 11) is -6.07. The Labute approximate surface area is 849 Å². The molecule has 0 aromatic carbocycles. The Bertz CT molecular complexity index is 6840. The van der Waals surface area contributed by atoms with Crippen molar-refractivity contribution in [1.82, 2.24) is 97.2 Å². The standard InChI is InChI=1S/C73H104N26O38P6S4/c1-33-18-94(72(102)90-57(33)74)67-54(118-13-9-113-4)51(42(130-67)25-125-143(111,147)136-49-37(20-100)128-69(53(49)117-12-8-112-3)98-31-88-47-61(78)82-28-85-64(47)98)135-138(104,105)121-23-40-50(55(119-14-10-114-5)70(131-40)99-32-89-48-65(99)92-71(79)93-66(48)101)134-139(106,107)122-24-41-52(56(120-15-11-115-6)68(129-41)95-19-34(2)58(75)91-73(95)103)137-142(110,146)124-22-39-36(17-44(127-39)97-30-87-46-60(77)81-27-84-63(46)97)133-141(109,145)123-21-38-35(132-140(108,144)116-7)16-43(126-38)96-29-86-45-59(76)80-26-83-62(45)96/h18-19,26-32,35-44,49-56,67-70,100H,8-17,20-25H2,1-7H3,(H,104,105)(H,106,107)(H,108,144)(H,109,145)(H,110,146)(H,111,147)(H2,74,90,102)(H2,75,91,103)(H2,76,80,83)(H2,77,81,84)(H2,78,82,85)(H3,79,92,93,101)/p-6/t35?,36?,37-,38-,39-,40-,41-,42-,43-,44-,49?,50?,51?,52?,53+,54+,55+,56+,67-,68-,69-,70-,140?,141?,142?,143?/m1/s1. The van der Waals surface area contributed by atoms with Gasteiger partial charge in [0.25, 0.3) is 21.2 Å². The van der Waals surface area contributed by atoms with E-state index in [-0.39, 0.29) is 131 Å². The van der Waals surface area contributed by atoms with Crippen LogP contribution >= 0.6 is 42.6 Å². The minimum absolute atomic E-state index is 0.00510. The number of rotatable bonds is 51. The van der Waals surface area contributed by atoms with E-state index in [1.54, 1.807) is 0 Å². The maximum absolute atomic E-state index is 15.4. The molecular weight excluding hydrogens is 2160 g/mol. The van der Waals surface area contributed by atoms with Gasteiger partial charge >= 0.3 is 11.4 Å². The minimum Gasteiger partial charge on any atom is -0.780 e. The van der Waals surface area contributed by atoms with Gasteiger partial charge in [0.05, 0.1) is 130 Å². The van der Waals surface area contributed by atoms with Crippen LogP contribution in [0.5, 0.6) is 0 Å². The normalized spacial score (nSPS) is 29.0. The molecule has 14 N–H and O–H groups in total. The third-order valence-electron chi connectivity index (χ3n) is 23.5. The molecule has 12 unspecified atom stereocenters. The molecule has 28 atom stereocenters. The minimum atomic E-state index is -6.23. The van der Waals surface area contributed by atoms with Crippen molar-refractivity contribution in [3.05, 3.63) is 99.1 Å². The number of nitrogens with one attached hydrogen (secondary N) is 1. The molecule has 0 saturated carbocycles. The molecule has 147 heavy (non-hydrogen) atoms. The van der Waals surface area contributed by atoms with Gasteiger partial charge in [0, 0.05) is 71.9 Å². The fourth-order valence-corrected chi connectivity index (χ4v) is 23.8. The molecule has 0 spiro atoms. The molecule has 6 aliphatic rings. The molecule has 6 fully saturated rings. The second kappa shape index (κ2) is 47.5. The number of fused-ring (bicyclic) bond motifs is 4. The molecule has 0 aliphatic carbocycles. The van der Waals surface area contributed by atoms with E-state index < -0.39 is 260 Å². The van der Waals surface area contributed by atoms with E-state index in [2.05, 4.69) is 69.8 Å². The van der Waals surface area contributed by atoms with Crippen LogP contribution in [0.15, 0.2) is 71.1 Å². The average Bonchev–Trinajstić information content (AvgIpc) is 1.61.